The van der Waals surface area contributed by atoms with Crippen molar-refractivity contribution in [2.24, 2.45) is 0 Å². The summed E-state index contributed by atoms with van der Waals surface area (Å²) in [4.78, 5) is 115. The summed E-state index contributed by atoms with van der Waals surface area (Å²) in [6, 6.07) is 56.7. The molecule has 10 heterocycles. The first-order chi connectivity index (χ1) is 68.2. The van der Waals surface area contributed by atoms with Gasteiger partial charge in [0.15, 0.2) is 55.8 Å². The molecule has 12 N–H and O–H groups in total. The number of nitrogens with zero attached hydrogens (tertiary/aromatic N) is 16. The number of ether oxygens (including phenoxy) is 7. The number of amides is 8. The molecule has 0 aliphatic heterocycles. The Balaban J connectivity index is 0.000000157. The zero-order valence-electron chi connectivity index (χ0n) is 78.9. The van der Waals surface area contributed by atoms with Gasteiger partial charge in [0.25, 0.3) is 11.8 Å². The van der Waals surface area contributed by atoms with Crippen molar-refractivity contribution in [1.29, 1.82) is 0 Å². The maximum atomic E-state index is 12.2. The SMILES string of the molecule is CN(C)CCOc1ccc2ncnc(NCCc3cnc(NC(=O)Nc4ccccc4)s3)c2n1.COc1cc2nccc(NCCc3ccc(NC(=O)Nc4ccccc4)cc3)c2cc1OC.COc1cc2ncnc(NCCc3cnc(NC(=O)Nc4ccccc4)s3)c2nc1OCCN(C)C.COc1nc2c(NCCc3cnc(NC(=O)Nc4ccccc4)s3)ncnc2cc1OCCCN(C)C. The maximum Gasteiger partial charge on any atom is 0.325 e. The number of hydrogen-bond acceptors (Lipinski definition) is 34. The number of thiazole rings is 3. The summed E-state index contributed by atoms with van der Waals surface area (Å²) >= 11 is 4.26. The third-order valence-corrected chi connectivity index (χ3v) is 23.1. The molecule has 39 nitrogen and oxygen atoms in total. The van der Waals surface area contributed by atoms with Crippen LogP contribution in [-0.2, 0) is 25.7 Å². The number of fused-ring (bicyclic) bond motifs is 4. The number of aromatic nitrogens is 13. The van der Waals surface area contributed by atoms with Crippen molar-refractivity contribution in [3.05, 3.63) is 252 Å². The minimum absolute atomic E-state index is 0.271. The molecule has 0 atom stereocenters. The minimum atomic E-state index is -0.335. The fraction of sp³-hybridized carbons (Fsp3) is 0.255. The predicted molar refractivity (Wildman–Crippen MR) is 555 cm³/mol. The number of rotatable bonds is 41. The summed E-state index contributed by atoms with van der Waals surface area (Å²) < 4.78 is 39.2. The molecule has 0 fully saturated rings. The Bertz CT molecular complexity index is 6660. The van der Waals surface area contributed by atoms with E-state index in [0.29, 0.717) is 171 Å². The number of nitrogens with one attached hydrogen (secondary N) is 12. The molecule has 0 bridgehead atoms. The highest BCUT2D eigenvalue weighted by molar-refractivity contribution is 7.16. The molecule has 726 valence electrons. The largest absolute Gasteiger partial charge is 0.493 e. The van der Waals surface area contributed by atoms with E-state index < -0.39 is 0 Å². The highest BCUT2D eigenvalue weighted by atomic mass is 32.1. The Morgan fingerprint density at radius 1 is 0.329 bits per heavy atom. The van der Waals surface area contributed by atoms with Crippen LogP contribution in [0.3, 0.4) is 0 Å². The van der Waals surface area contributed by atoms with Gasteiger partial charge in [-0.15, -0.1) is 34.0 Å². The number of carbonyl (C=O) groups is 4. The number of pyridine rings is 4. The Hall–Kier alpha value is -16.2. The lowest BCUT2D eigenvalue weighted by Crippen LogP contribution is -2.20. The van der Waals surface area contributed by atoms with Gasteiger partial charge in [-0.1, -0.05) is 84.9 Å². The van der Waals surface area contributed by atoms with Gasteiger partial charge < -0.3 is 95.7 Å². The molecule has 0 radical (unpaired) electrons. The van der Waals surface area contributed by atoms with E-state index >= 15 is 0 Å². The lowest BCUT2D eigenvalue weighted by atomic mass is 10.1. The van der Waals surface area contributed by atoms with Gasteiger partial charge in [0.05, 0.1) is 57.1 Å². The van der Waals surface area contributed by atoms with Gasteiger partial charge in [0.2, 0.25) is 5.88 Å². The second kappa shape index (κ2) is 52.8. The molecular weight excluding hydrogens is 1840 g/mol. The summed E-state index contributed by atoms with van der Waals surface area (Å²) in [6.45, 7) is 6.61. The average Bonchev–Trinajstić information content (AvgIpc) is 0.991. The van der Waals surface area contributed by atoms with Gasteiger partial charge >= 0.3 is 24.1 Å². The van der Waals surface area contributed by atoms with Crippen LogP contribution in [0.25, 0.3) is 44.0 Å². The minimum Gasteiger partial charge on any atom is -0.493 e. The van der Waals surface area contributed by atoms with Crippen LogP contribution in [0.4, 0.5) is 86.2 Å². The lowest BCUT2D eigenvalue weighted by Gasteiger charge is -2.14. The molecule has 0 saturated carbocycles. The van der Waals surface area contributed by atoms with E-state index in [4.69, 9.17) is 33.2 Å². The van der Waals surface area contributed by atoms with Gasteiger partial charge in [0, 0.05) is 168 Å². The number of benzene rings is 6. The van der Waals surface area contributed by atoms with E-state index in [1.54, 1.807) is 59.3 Å². The smallest absolute Gasteiger partial charge is 0.325 e. The molecule has 42 heteroatoms. The van der Waals surface area contributed by atoms with E-state index in [9.17, 15) is 19.2 Å². The van der Waals surface area contributed by atoms with Crippen molar-refractivity contribution in [2.75, 3.05) is 200 Å². The number of carbonyl (C=O) groups excluding carboxylic acids is 4. The molecule has 0 spiro atoms. The summed E-state index contributed by atoms with van der Waals surface area (Å²) in [7, 11) is 18.4. The number of likely N-dealkylation sites (N-methyl/N-ethyl adjacent to an activating group) is 2. The van der Waals surface area contributed by atoms with Crippen LogP contribution in [0.5, 0.6) is 40.6 Å². The first kappa shape index (κ1) is 101. The summed E-state index contributed by atoms with van der Waals surface area (Å²) in [5, 5.41) is 38.3. The van der Waals surface area contributed by atoms with E-state index in [-0.39, 0.29) is 24.1 Å². The molecule has 0 saturated heterocycles. The number of para-hydroxylation sites is 4. The average molecular weight is 1950 g/mol. The van der Waals surface area contributed by atoms with Crippen molar-refractivity contribution in [3.63, 3.8) is 0 Å². The van der Waals surface area contributed by atoms with Gasteiger partial charge in [0.1, 0.15) is 48.7 Å². The standard InChI is InChI=1S/C26H26N4O3.C25H30N8O3S.C24H28N8O3S.C23H26N8O2S/c1-32-24-16-21-22(13-15-28-23(21)17-25(24)33-2)27-14-12-18-8-10-20(11-9-18)30-26(31)29-19-6-4-3-5-7-19;1-33(2)12-7-13-36-20-14-19-21(31-23(20)35-3)22(29-16-28-19)26-11-10-18-15-27-25(37-18)32-24(34)30-17-8-5-4-6-9-17;1-32(2)11-12-35-22-19(34-3)13-18-20(30-22)21(28-15-27-18)25-10-9-17-14-26-24(36-17)31-23(33)29-16-7-5-4-6-8-16;1-31(2)12-13-33-19-9-8-18-20(29-19)21(27-15-26-18)24-11-10-17-14-25-23(34-17)30-22(32)28-16-6-4-3-5-7-16/h3-11,13,15-17H,12,14H2,1-2H3,(H,27,28)(H2,29,30,31);4-6,8-9,14-16H,7,10-13H2,1-3H3,(H,26,28,29)(H2,27,30,32,34);4-8,13-15H,9-12H2,1-3H3,(H,25,27,28)(H2,26,29,31,33);3-9,14-15H,10-13H2,1-2H3,(H,24,26,27)(H2,25,28,30,32). The van der Waals surface area contributed by atoms with Gasteiger partial charge in [-0.3, -0.25) is 20.9 Å². The van der Waals surface area contributed by atoms with Crippen LogP contribution in [0.15, 0.2) is 232 Å². The molecule has 0 aliphatic carbocycles. The molecular formula is C98H110N28O11S3. The van der Waals surface area contributed by atoms with E-state index in [2.05, 4.69) is 133 Å². The van der Waals surface area contributed by atoms with Crippen molar-refractivity contribution in [3.8, 4) is 40.6 Å². The quantitative estimate of drug-likeness (QED) is 0.0158. The van der Waals surface area contributed by atoms with Gasteiger partial charge in [-0.2, -0.15) is 0 Å². The van der Waals surface area contributed by atoms with Crippen LogP contribution >= 0.6 is 34.0 Å². The van der Waals surface area contributed by atoms with Crippen LogP contribution in [0, 0.1) is 0 Å². The number of urea groups is 4. The summed E-state index contributed by atoms with van der Waals surface area (Å²) in [5.41, 5.74) is 10.5. The van der Waals surface area contributed by atoms with E-state index in [1.807, 2.05) is 234 Å². The molecule has 8 amide bonds. The number of methoxy groups -OCH3 is 4. The molecule has 0 unspecified atom stereocenters. The molecule has 0 aliphatic rings. The highest BCUT2D eigenvalue weighted by Gasteiger charge is 2.20. The van der Waals surface area contributed by atoms with Crippen molar-refractivity contribution < 1.29 is 52.3 Å². The second-order valence-electron chi connectivity index (χ2n) is 31.4. The Labute approximate surface area is 820 Å². The van der Waals surface area contributed by atoms with Crippen molar-refractivity contribution in [1.82, 2.24) is 79.5 Å². The van der Waals surface area contributed by atoms with Crippen LogP contribution in [0.1, 0.15) is 26.6 Å². The molecule has 10 aromatic heterocycles. The van der Waals surface area contributed by atoms with Gasteiger partial charge in [-0.05, 0) is 140 Å². The molecule has 6 aromatic carbocycles. The van der Waals surface area contributed by atoms with E-state index in [0.717, 1.165) is 98.4 Å². The second-order valence-corrected chi connectivity index (χ2v) is 34.7. The predicted octanol–water partition coefficient (Wildman–Crippen LogP) is 17.1. The number of anilines is 12. The number of hydrogen-bond donors (Lipinski definition) is 12. The fourth-order valence-electron chi connectivity index (χ4n) is 13.2. The van der Waals surface area contributed by atoms with Crippen LogP contribution in [0.2, 0.25) is 0 Å². The summed E-state index contributed by atoms with van der Waals surface area (Å²) in [6.07, 6.45) is 15.3. The Morgan fingerprint density at radius 3 is 1.18 bits per heavy atom. The molecule has 140 heavy (non-hydrogen) atoms. The molecule has 16 rings (SSSR count). The zero-order chi connectivity index (χ0) is 98.2. The highest BCUT2D eigenvalue weighted by Crippen LogP contribution is 2.37. The lowest BCUT2D eigenvalue weighted by molar-refractivity contribution is 0.243. The normalized spacial score (nSPS) is 10.8. The molecule has 16 aromatic rings. The fourth-order valence-corrected chi connectivity index (χ4v) is 15.7. The van der Waals surface area contributed by atoms with Crippen molar-refractivity contribution >= 4 is 169 Å². The Morgan fingerprint density at radius 2 is 0.729 bits per heavy atom. The first-order valence-electron chi connectivity index (χ1n) is 44.5. The van der Waals surface area contributed by atoms with Gasteiger partial charge in [-0.25, -0.2) is 79.0 Å². The van der Waals surface area contributed by atoms with Crippen molar-refractivity contribution in [2.45, 2.75) is 32.1 Å². The third-order valence-electron chi connectivity index (χ3n) is 20.2. The third kappa shape index (κ3) is 31.7. The van der Waals surface area contributed by atoms with Crippen LogP contribution < -0.4 is 97.0 Å². The Kier molecular flexibility index (Phi) is 38.2. The monoisotopic (exact) mass is 1950 g/mol. The topological polar surface area (TPSA) is 455 Å². The first-order valence-corrected chi connectivity index (χ1v) is 47.0. The summed E-state index contributed by atoms with van der Waals surface area (Å²) in [5.74, 6) is 5.58. The van der Waals surface area contributed by atoms with E-state index in [1.165, 1.54) is 53.0 Å². The maximum absolute atomic E-state index is 12.2. The van der Waals surface area contributed by atoms with Crippen LogP contribution in [-0.4, -0.2) is 240 Å². The zero-order valence-corrected chi connectivity index (χ0v) is 81.4.